The molecule has 19 heavy (non-hydrogen) atoms. The standard InChI is InChI=1S/C14H20N2O2S/c1-11(19(3)17)6-7-16-10-13-8-12(9-15)4-5-14(13)18-2/h4-5,8,11,16H,6-7,10H2,1-3H3. The monoisotopic (exact) mass is 280 g/mol. The van der Waals surface area contributed by atoms with Crippen LogP contribution in [0.1, 0.15) is 24.5 Å². The average molecular weight is 280 g/mol. The highest BCUT2D eigenvalue weighted by molar-refractivity contribution is 7.84. The van der Waals surface area contributed by atoms with Crippen LogP contribution in [0.5, 0.6) is 5.75 Å². The van der Waals surface area contributed by atoms with Gasteiger partial charge >= 0.3 is 0 Å². The zero-order valence-electron chi connectivity index (χ0n) is 11.6. The van der Waals surface area contributed by atoms with E-state index in [-0.39, 0.29) is 5.25 Å². The van der Waals surface area contributed by atoms with Gasteiger partial charge in [-0.2, -0.15) is 5.26 Å². The quantitative estimate of drug-likeness (QED) is 0.774. The van der Waals surface area contributed by atoms with Crippen LogP contribution < -0.4 is 10.1 Å². The number of benzene rings is 1. The van der Waals surface area contributed by atoms with Crippen LogP contribution in [0.3, 0.4) is 0 Å². The van der Waals surface area contributed by atoms with E-state index >= 15 is 0 Å². The smallest absolute Gasteiger partial charge is 0.123 e. The van der Waals surface area contributed by atoms with Crippen LogP contribution in [0, 0.1) is 11.3 Å². The second-order valence-electron chi connectivity index (χ2n) is 4.41. The van der Waals surface area contributed by atoms with Gasteiger partial charge in [0.2, 0.25) is 0 Å². The summed E-state index contributed by atoms with van der Waals surface area (Å²) in [5.41, 5.74) is 1.59. The number of nitriles is 1. The van der Waals surface area contributed by atoms with E-state index in [1.165, 1.54) is 0 Å². The summed E-state index contributed by atoms with van der Waals surface area (Å²) in [5.74, 6) is 0.776. The Morgan fingerprint density at radius 1 is 1.53 bits per heavy atom. The van der Waals surface area contributed by atoms with Crippen molar-refractivity contribution >= 4 is 10.8 Å². The summed E-state index contributed by atoms with van der Waals surface area (Å²) >= 11 is 0. The minimum absolute atomic E-state index is 0.194. The predicted molar refractivity (Wildman–Crippen MR) is 77.6 cm³/mol. The fourth-order valence-electron chi connectivity index (χ4n) is 1.68. The van der Waals surface area contributed by atoms with Crippen molar-refractivity contribution in [2.45, 2.75) is 25.1 Å². The Bertz CT molecular complexity index is 483. The van der Waals surface area contributed by atoms with E-state index in [0.717, 1.165) is 24.3 Å². The largest absolute Gasteiger partial charge is 0.496 e. The Balaban J connectivity index is 2.53. The van der Waals surface area contributed by atoms with Gasteiger partial charge in [0, 0.05) is 34.4 Å². The first-order chi connectivity index (χ1) is 9.08. The molecule has 0 fully saturated rings. The van der Waals surface area contributed by atoms with E-state index < -0.39 is 10.8 Å². The molecule has 0 saturated carbocycles. The Morgan fingerprint density at radius 2 is 2.26 bits per heavy atom. The van der Waals surface area contributed by atoms with Crippen LogP contribution in [0.4, 0.5) is 0 Å². The van der Waals surface area contributed by atoms with Crippen LogP contribution >= 0.6 is 0 Å². The molecule has 0 heterocycles. The number of rotatable bonds is 7. The van der Waals surface area contributed by atoms with Gasteiger partial charge in [0.25, 0.3) is 0 Å². The zero-order valence-corrected chi connectivity index (χ0v) is 12.4. The molecule has 104 valence electrons. The van der Waals surface area contributed by atoms with Gasteiger partial charge in [-0.3, -0.25) is 4.21 Å². The number of methoxy groups -OCH3 is 1. The lowest BCUT2D eigenvalue weighted by Crippen LogP contribution is -2.21. The third-order valence-electron chi connectivity index (χ3n) is 3.02. The van der Waals surface area contributed by atoms with Crippen LogP contribution in [0.2, 0.25) is 0 Å². The van der Waals surface area contributed by atoms with E-state index in [9.17, 15) is 4.21 Å². The van der Waals surface area contributed by atoms with Gasteiger partial charge in [-0.15, -0.1) is 0 Å². The van der Waals surface area contributed by atoms with Crippen molar-refractivity contribution in [2.75, 3.05) is 19.9 Å². The van der Waals surface area contributed by atoms with E-state index in [0.29, 0.717) is 12.1 Å². The molecule has 0 spiro atoms. The molecule has 1 N–H and O–H groups in total. The maximum absolute atomic E-state index is 11.2. The van der Waals surface area contributed by atoms with Crippen molar-refractivity contribution < 1.29 is 8.95 Å². The van der Waals surface area contributed by atoms with Crippen molar-refractivity contribution in [2.24, 2.45) is 0 Å². The Morgan fingerprint density at radius 3 is 2.84 bits per heavy atom. The van der Waals surface area contributed by atoms with Crippen molar-refractivity contribution in [3.63, 3.8) is 0 Å². The van der Waals surface area contributed by atoms with Gasteiger partial charge in [0.15, 0.2) is 0 Å². The minimum atomic E-state index is -0.777. The van der Waals surface area contributed by atoms with Crippen molar-refractivity contribution in [1.82, 2.24) is 5.32 Å². The number of hydrogen-bond acceptors (Lipinski definition) is 4. The van der Waals surface area contributed by atoms with Gasteiger partial charge in [-0.1, -0.05) is 6.92 Å². The summed E-state index contributed by atoms with van der Waals surface area (Å²) in [6, 6.07) is 7.49. The zero-order chi connectivity index (χ0) is 14.3. The molecule has 1 rings (SSSR count). The third-order valence-corrected chi connectivity index (χ3v) is 4.39. The summed E-state index contributed by atoms with van der Waals surface area (Å²) in [5, 5.41) is 12.4. The van der Waals surface area contributed by atoms with E-state index in [4.69, 9.17) is 10.00 Å². The fourth-order valence-corrected chi connectivity index (χ4v) is 2.13. The van der Waals surface area contributed by atoms with E-state index in [1.807, 2.05) is 13.0 Å². The lowest BCUT2D eigenvalue weighted by atomic mass is 10.1. The van der Waals surface area contributed by atoms with Gasteiger partial charge in [0.05, 0.1) is 18.7 Å². The molecule has 0 aliphatic rings. The van der Waals surface area contributed by atoms with Gasteiger partial charge in [-0.05, 0) is 31.2 Å². The summed E-state index contributed by atoms with van der Waals surface area (Å²) in [4.78, 5) is 0. The van der Waals surface area contributed by atoms with Crippen LogP contribution in [-0.2, 0) is 17.3 Å². The summed E-state index contributed by atoms with van der Waals surface area (Å²) in [6.07, 6.45) is 2.59. The normalized spacial score (nSPS) is 13.6. The Labute approximate surface area is 117 Å². The van der Waals surface area contributed by atoms with Crippen molar-refractivity contribution in [3.8, 4) is 11.8 Å². The highest BCUT2D eigenvalue weighted by Crippen LogP contribution is 2.19. The fraction of sp³-hybridized carbons (Fsp3) is 0.500. The summed E-state index contributed by atoms with van der Waals surface area (Å²) in [7, 11) is 0.841. The third kappa shape index (κ3) is 5.01. The molecule has 2 unspecified atom stereocenters. The lowest BCUT2D eigenvalue weighted by molar-refractivity contribution is 0.407. The topological polar surface area (TPSA) is 62.1 Å². The maximum atomic E-state index is 11.2. The molecule has 0 aliphatic heterocycles. The molecule has 5 heteroatoms. The first kappa shape index (κ1) is 15.7. The second-order valence-corrected chi connectivity index (χ2v) is 6.22. The summed E-state index contributed by atoms with van der Waals surface area (Å²) < 4.78 is 16.5. The van der Waals surface area contributed by atoms with Gasteiger partial charge in [0.1, 0.15) is 5.75 Å². The number of hydrogen-bond donors (Lipinski definition) is 1. The molecule has 0 bridgehead atoms. The molecule has 2 atom stereocenters. The van der Waals surface area contributed by atoms with E-state index in [1.54, 1.807) is 25.5 Å². The SMILES string of the molecule is COc1ccc(C#N)cc1CNCCC(C)S(C)=O. The molecule has 0 aliphatic carbocycles. The molecule has 1 aromatic carbocycles. The molecule has 0 radical (unpaired) electrons. The lowest BCUT2D eigenvalue weighted by Gasteiger charge is -2.11. The average Bonchev–Trinajstić information content (AvgIpc) is 2.42. The molecule has 1 aromatic rings. The second kappa shape index (κ2) is 7.93. The molecular weight excluding hydrogens is 260 g/mol. The van der Waals surface area contributed by atoms with Crippen molar-refractivity contribution in [1.29, 1.82) is 5.26 Å². The highest BCUT2D eigenvalue weighted by atomic mass is 32.2. The number of nitrogens with zero attached hydrogens (tertiary/aromatic N) is 1. The molecule has 0 saturated heterocycles. The summed E-state index contributed by atoms with van der Waals surface area (Å²) in [6.45, 7) is 3.41. The minimum Gasteiger partial charge on any atom is -0.496 e. The molecular formula is C14H20N2O2S. The van der Waals surface area contributed by atoms with Crippen LogP contribution in [-0.4, -0.2) is 29.4 Å². The Kier molecular flexibility index (Phi) is 6.54. The molecule has 0 amide bonds. The van der Waals surface area contributed by atoms with Crippen molar-refractivity contribution in [3.05, 3.63) is 29.3 Å². The van der Waals surface area contributed by atoms with Crippen LogP contribution in [0.25, 0.3) is 0 Å². The number of nitrogens with one attached hydrogen (secondary N) is 1. The molecule has 0 aromatic heterocycles. The maximum Gasteiger partial charge on any atom is 0.123 e. The number of ether oxygens (including phenoxy) is 1. The van der Waals surface area contributed by atoms with Gasteiger partial charge in [-0.25, -0.2) is 0 Å². The van der Waals surface area contributed by atoms with E-state index in [2.05, 4.69) is 11.4 Å². The highest BCUT2D eigenvalue weighted by Gasteiger charge is 2.07. The first-order valence-corrected chi connectivity index (χ1v) is 7.80. The van der Waals surface area contributed by atoms with Crippen LogP contribution in [0.15, 0.2) is 18.2 Å². The Hall–Kier alpha value is -1.38. The molecule has 4 nitrogen and oxygen atoms in total. The van der Waals surface area contributed by atoms with Gasteiger partial charge < -0.3 is 10.1 Å². The first-order valence-electron chi connectivity index (χ1n) is 6.18. The predicted octanol–water partition coefficient (Wildman–Crippen LogP) is 1.81.